The van der Waals surface area contributed by atoms with Gasteiger partial charge in [-0.2, -0.15) is 0 Å². The van der Waals surface area contributed by atoms with Crippen LogP contribution in [0.5, 0.6) is 0 Å². The number of benzene rings is 1. The van der Waals surface area contributed by atoms with E-state index in [0.29, 0.717) is 0 Å². The topological polar surface area (TPSA) is 34.0 Å². The van der Waals surface area contributed by atoms with Gasteiger partial charge in [-0.25, -0.2) is 4.68 Å². The van der Waals surface area contributed by atoms with Gasteiger partial charge in [-0.15, -0.1) is 5.10 Å². The van der Waals surface area contributed by atoms with Crippen LogP contribution in [0.2, 0.25) is 0 Å². The fourth-order valence-electron chi connectivity index (χ4n) is 1.13. The Morgan fingerprint density at radius 3 is 2.85 bits per heavy atom. The summed E-state index contributed by atoms with van der Waals surface area (Å²) in [4.78, 5) is 1.81. The number of nitrogens with zero attached hydrogens (tertiary/aromatic N) is 4. The fourth-order valence-corrected chi connectivity index (χ4v) is 1.13. The first-order valence-electron chi connectivity index (χ1n) is 4.02. The molecule has 0 atom stereocenters. The molecule has 2 radical (unpaired) electrons. The third kappa shape index (κ3) is 1.53. The second-order valence-corrected chi connectivity index (χ2v) is 2.98. The Bertz CT molecular complexity index is 405. The van der Waals surface area contributed by atoms with E-state index in [0.717, 1.165) is 11.0 Å². The van der Waals surface area contributed by atoms with Crippen molar-refractivity contribution in [1.29, 1.82) is 0 Å². The van der Waals surface area contributed by atoms with E-state index in [1.165, 1.54) is 0 Å². The van der Waals surface area contributed by atoms with Crippen molar-refractivity contribution in [3.8, 4) is 0 Å². The highest BCUT2D eigenvalue weighted by Gasteiger charge is 2.04. The maximum absolute atomic E-state index is 4.00. The number of hydrogen-bond donors (Lipinski definition) is 0. The Morgan fingerprint density at radius 1 is 1.31 bits per heavy atom. The summed E-state index contributed by atoms with van der Waals surface area (Å²) in [6.07, 6.45) is 0. The van der Waals surface area contributed by atoms with Crippen LogP contribution in [0.4, 0.5) is 0 Å². The maximum Gasteiger partial charge on any atom is 0.202 e. The number of aromatic nitrogens is 3. The summed E-state index contributed by atoms with van der Waals surface area (Å²) < 4.78 is 1.63. The van der Waals surface area contributed by atoms with E-state index in [1.54, 1.807) is 9.58 Å². The molecular formula is C9H10N4. The predicted octanol–water partition coefficient (Wildman–Crippen LogP) is 0.837. The smallest absolute Gasteiger partial charge is 0.202 e. The largest absolute Gasteiger partial charge is 0.279 e. The Hall–Kier alpha value is -1.42. The Kier molecular flexibility index (Phi) is 1.98. The zero-order valence-corrected chi connectivity index (χ0v) is 7.60. The number of fused-ring (bicyclic) bond motifs is 1. The summed E-state index contributed by atoms with van der Waals surface area (Å²) in [5.74, 6) is 0. The van der Waals surface area contributed by atoms with E-state index in [4.69, 9.17) is 0 Å². The average Bonchev–Trinajstić information content (AvgIpc) is 2.48. The highest BCUT2D eigenvalue weighted by atomic mass is 15.5. The molecule has 1 heterocycles. The molecule has 0 spiro atoms. The van der Waals surface area contributed by atoms with Crippen LogP contribution in [-0.4, -0.2) is 34.0 Å². The third-order valence-electron chi connectivity index (χ3n) is 1.65. The van der Waals surface area contributed by atoms with Gasteiger partial charge in [-0.1, -0.05) is 17.3 Å². The summed E-state index contributed by atoms with van der Waals surface area (Å²) >= 11 is 0. The van der Waals surface area contributed by atoms with E-state index >= 15 is 0 Å². The first-order valence-corrected chi connectivity index (χ1v) is 4.02. The fraction of sp³-hybridized carbons (Fsp3) is 0.222. The number of para-hydroxylation sites is 1. The van der Waals surface area contributed by atoms with Gasteiger partial charge in [0.25, 0.3) is 0 Å². The van der Waals surface area contributed by atoms with E-state index in [2.05, 4.69) is 17.0 Å². The van der Waals surface area contributed by atoms with Crippen LogP contribution >= 0.6 is 0 Å². The molecule has 1 aromatic carbocycles. The molecule has 0 bridgehead atoms. The maximum atomic E-state index is 4.00. The number of rotatable bonds is 2. The molecule has 0 saturated carbocycles. The highest BCUT2D eigenvalue weighted by molar-refractivity contribution is 5.74. The Morgan fingerprint density at radius 2 is 2.08 bits per heavy atom. The normalized spacial score (nSPS) is 11.3. The SMILES string of the molecule is CN(C)[C]n1nnc2ccccc21. The van der Waals surface area contributed by atoms with Crippen molar-refractivity contribution in [2.45, 2.75) is 0 Å². The molecule has 0 unspecified atom stereocenters. The van der Waals surface area contributed by atoms with Gasteiger partial charge in [0.1, 0.15) is 5.52 Å². The van der Waals surface area contributed by atoms with Gasteiger partial charge in [-0.3, -0.25) is 4.90 Å². The molecule has 0 aliphatic heterocycles. The molecule has 0 aliphatic carbocycles. The van der Waals surface area contributed by atoms with Crippen LogP contribution in [0.1, 0.15) is 0 Å². The van der Waals surface area contributed by atoms with E-state index in [-0.39, 0.29) is 0 Å². The lowest BCUT2D eigenvalue weighted by Gasteiger charge is -2.06. The summed E-state index contributed by atoms with van der Waals surface area (Å²) in [6, 6.07) is 7.79. The standard InChI is InChI=1S/C9H10N4/c1-12(2)7-13-9-6-4-3-5-8(9)10-11-13/h3-6H,1-2H3. The minimum atomic E-state index is 0.886. The molecule has 0 amide bonds. The lowest BCUT2D eigenvalue weighted by Crippen LogP contribution is -2.14. The van der Waals surface area contributed by atoms with Gasteiger partial charge in [0.2, 0.25) is 6.67 Å². The molecule has 2 rings (SSSR count). The first kappa shape index (κ1) is 8.19. The zero-order chi connectivity index (χ0) is 9.26. The second kappa shape index (κ2) is 3.14. The van der Waals surface area contributed by atoms with Crippen molar-refractivity contribution in [2.75, 3.05) is 14.1 Å². The van der Waals surface area contributed by atoms with Crippen LogP contribution in [0.15, 0.2) is 24.3 Å². The minimum absolute atomic E-state index is 0.886. The molecule has 1 aromatic heterocycles. The average molecular weight is 174 g/mol. The van der Waals surface area contributed by atoms with Crippen molar-refractivity contribution < 1.29 is 0 Å². The van der Waals surface area contributed by atoms with Crippen molar-refractivity contribution >= 4 is 11.0 Å². The molecular weight excluding hydrogens is 164 g/mol. The quantitative estimate of drug-likeness (QED) is 0.632. The van der Waals surface area contributed by atoms with E-state index in [1.807, 2.05) is 38.4 Å². The predicted molar refractivity (Wildman–Crippen MR) is 49.9 cm³/mol. The Balaban J connectivity index is 2.46. The van der Waals surface area contributed by atoms with Gasteiger partial charge in [-0.05, 0) is 26.2 Å². The van der Waals surface area contributed by atoms with Gasteiger partial charge in [0.05, 0.1) is 5.52 Å². The van der Waals surface area contributed by atoms with Crippen LogP contribution < -0.4 is 0 Å². The van der Waals surface area contributed by atoms with Crippen LogP contribution in [0.25, 0.3) is 11.0 Å². The lowest BCUT2D eigenvalue weighted by molar-refractivity contribution is 0.444. The summed E-state index contributed by atoms with van der Waals surface area (Å²) in [6.45, 7) is 3.00. The summed E-state index contributed by atoms with van der Waals surface area (Å²) in [5, 5.41) is 7.94. The third-order valence-corrected chi connectivity index (χ3v) is 1.65. The van der Waals surface area contributed by atoms with Crippen LogP contribution in [-0.2, 0) is 0 Å². The van der Waals surface area contributed by atoms with Crippen molar-refractivity contribution in [3.63, 3.8) is 0 Å². The lowest BCUT2D eigenvalue weighted by atomic mass is 10.3. The molecule has 0 saturated heterocycles. The van der Waals surface area contributed by atoms with Gasteiger partial charge < -0.3 is 0 Å². The van der Waals surface area contributed by atoms with Crippen LogP contribution in [0, 0.1) is 6.67 Å². The number of hydrogen-bond acceptors (Lipinski definition) is 3. The van der Waals surface area contributed by atoms with E-state index in [9.17, 15) is 0 Å². The van der Waals surface area contributed by atoms with Crippen LogP contribution in [0.3, 0.4) is 0 Å². The second-order valence-electron chi connectivity index (χ2n) is 2.98. The van der Waals surface area contributed by atoms with Crippen molar-refractivity contribution in [2.24, 2.45) is 0 Å². The Labute approximate surface area is 76.8 Å². The van der Waals surface area contributed by atoms with Crippen molar-refractivity contribution in [3.05, 3.63) is 30.9 Å². The molecule has 4 heteroatoms. The summed E-state index contributed by atoms with van der Waals surface area (Å²) in [5.41, 5.74) is 1.85. The molecule has 13 heavy (non-hydrogen) atoms. The molecule has 2 aromatic rings. The monoisotopic (exact) mass is 174 g/mol. The molecule has 0 N–H and O–H groups in total. The molecule has 0 fully saturated rings. The van der Waals surface area contributed by atoms with Gasteiger partial charge in [0, 0.05) is 0 Å². The minimum Gasteiger partial charge on any atom is -0.279 e. The molecule has 0 aliphatic rings. The van der Waals surface area contributed by atoms with Gasteiger partial charge in [0.15, 0.2) is 0 Å². The van der Waals surface area contributed by atoms with Crippen molar-refractivity contribution in [1.82, 2.24) is 19.9 Å². The molecule has 4 nitrogen and oxygen atoms in total. The summed E-state index contributed by atoms with van der Waals surface area (Å²) in [7, 11) is 3.80. The molecule has 66 valence electrons. The van der Waals surface area contributed by atoms with Gasteiger partial charge >= 0.3 is 0 Å². The zero-order valence-electron chi connectivity index (χ0n) is 7.60. The van der Waals surface area contributed by atoms with E-state index < -0.39 is 0 Å². The first-order chi connectivity index (χ1) is 6.27. The highest BCUT2D eigenvalue weighted by Crippen LogP contribution is 2.09.